The van der Waals surface area contributed by atoms with Crippen molar-refractivity contribution in [3.8, 4) is 0 Å². The molecule has 0 spiro atoms. The zero-order valence-corrected chi connectivity index (χ0v) is 25.0. The van der Waals surface area contributed by atoms with Crippen LogP contribution in [0.4, 0.5) is 0 Å². The van der Waals surface area contributed by atoms with Crippen LogP contribution in [0, 0.1) is 0 Å². The third kappa shape index (κ3) is 5.89. The summed E-state index contributed by atoms with van der Waals surface area (Å²) < 4.78 is 22.0. The second-order valence-electron chi connectivity index (χ2n) is 10.7. The molecule has 1 aliphatic rings. The molecule has 0 amide bonds. The van der Waals surface area contributed by atoms with Crippen LogP contribution < -0.4 is 14.8 Å². The van der Waals surface area contributed by atoms with Crippen molar-refractivity contribution < 1.29 is 13.9 Å². The van der Waals surface area contributed by atoms with E-state index in [4.69, 9.17) is 13.9 Å². The Morgan fingerprint density at radius 2 is 1.24 bits per heavy atom. The van der Waals surface area contributed by atoms with Crippen LogP contribution in [-0.4, -0.2) is 42.3 Å². The van der Waals surface area contributed by atoms with Crippen LogP contribution in [0.15, 0.2) is 121 Å². The molecule has 3 nitrogen and oxygen atoms in total. The van der Waals surface area contributed by atoms with Gasteiger partial charge in [-0.3, -0.25) is 0 Å². The van der Waals surface area contributed by atoms with E-state index in [2.05, 4.69) is 136 Å². The fourth-order valence-corrected chi connectivity index (χ4v) is 12.2. The number of ether oxygens (including phenoxy) is 2. The van der Waals surface area contributed by atoms with Gasteiger partial charge in [0.05, 0.1) is 0 Å². The second-order valence-corrected chi connectivity index (χ2v) is 17.7. The summed E-state index contributed by atoms with van der Waals surface area (Å²) in [4.78, 5) is 0.261. The molecule has 1 fully saturated rings. The van der Waals surface area contributed by atoms with Gasteiger partial charge in [0.25, 0.3) is 0 Å². The van der Waals surface area contributed by atoms with E-state index in [1.807, 2.05) is 6.07 Å². The topological polar surface area (TPSA) is 27.7 Å². The monoisotopic (exact) mass is 588 g/mol. The van der Waals surface area contributed by atoms with Crippen molar-refractivity contribution in [2.45, 2.75) is 49.6 Å². The molecule has 38 heavy (non-hydrogen) atoms. The van der Waals surface area contributed by atoms with Crippen molar-refractivity contribution in [3.63, 3.8) is 0 Å². The first-order chi connectivity index (χ1) is 18.5. The number of hydrogen-bond donors (Lipinski definition) is 0. The molecule has 0 bridgehead atoms. The van der Waals surface area contributed by atoms with Crippen LogP contribution in [0.5, 0.6) is 0 Å². The first-order valence-electron chi connectivity index (χ1n) is 13.2. The van der Waals surface area contributed by atoms with Gasteiger partial charge in [0.15, 0.2) is 0 Å². The van der Waals surface area contributed by atoms with Crippen LogP contribution in [-0.2, 0) is 20.5 Å². The Morgan fingerprint density at radius 1 is 0.737 bits per heavy atom. The van der Waals surface area contributed by atoms with Crippen molar-refractivity contribution >= 4 is 38.1 Å². The Balaban J connectivity index is 1.52. The molecule has 1 aliphatic heterocycles. The molecule has 4 aromatic rings. The zero-order valence-electron chi connectivity index (χ0n) is 22.3. The van der Waals surface area contributed by atoms with E-state index in [0.29, 0.717) is 13.2 Å². The van der Waals surface area contributed by atoms with Gasteiger partial charge in [-0.1, -0.05) is 0 Å². The summed E-state index contributed by atoms with van der Waals surface area (Å²) in [6, 6.07) is 42.7. The normalized spacial score (nSPS) is 19.9. The van der Waals surface area contributed by atoms with E-state index in [1.165, 1.54) is 14.8 Å². The SMILES string of the molecule is CC(C)(C)[Si](O[C@H]1OC[C@H]([Se]c2ccccc2)[C@@H]1OCc1ccccc1)(c1ccccc1)c1ccccc1. The molecule has 4 aromatic carbocycles. The van der Waals surface area contributed by atoms with Crippen LogP contribution in [0.2, 0.25) is 9.85 Å². The van der Waals surface area contributed by atoms with Gasteiger partial charge >= 0.3 is 235 Å². The quantitative estimate of drug-likeness (QED) is 0.248. The van der Waals surface area contributed by atoms with Crippen molar-refractivity contribution in [3.05, 3.63) is 127 Å². The first-order valence-corrected chi connectivity index (χ1v) is 17.0. The molecule has 1 heterocycles. The summed E-state index contributed by atoms with van der Waals surface area (Å²) >= 11 is 0.201. The molecule has 0 unspecified atom stereocenters. The van der Waals surface area contributed by atoms with Gasteiger partial charge in [0.1, 0.15) is 0 Å². The standard InChI is InChI=1S/C33H36O3SeSi/c1-33(2,3)38(28-20-12-6-13-21-28,29-22-14-7-15-23-29)36-32-31(34-24-26-16-8-4-9-17-26)30(25-35-32)37-27-18-10-5-11-19-27/h4-23,30-32H,24-25H2,1-3H3/t30-,31-,32+/m0/s1. The Labute approximate surface area is 234 Å². The predicted molar refractivity (Wildman–Crippen MR) is 159 cm³/mol. The van der Waals surface area contributed by atoms with E-state index < -0.39 is 14.6 Å². The van der Waals surface area contributed by atoms with E-state index in [0.717, 1.165) is 5.56 Å². The molecule has 0 N–H and O–H groups in total. The van der Waals surface area contributed by atoms with Crippen LogP contribution >= 0.6 is 0 Å². The molecular weight excluding hydrogens is 551 g/mol. The van der Waals surface area contributed by atoms with Gasteiger partial charge in [-0.25, -0.2) is 0 Å². The summed E-state index contributed by atoms with van der Waals surface area (Å²) in [5.74, 6) is 0. The third-order valence-electron chi connectivity index (χ3n) is 7.09. The Hall–Kier alpha value is -2.50. The minimum absolute atomic E-state index is 0.133. The summed E-state index contributed by atoms with van der Waals surface area (Å²) in [6.07, 6.45) is -0.599. The maximum atomic E-state index is 7.41. The van der Waals surface area contributed by atoms with Crippen molar-refractivity contribution in [2.24, 2.45) is 0 Å². The molecule has 3 atom stereocenters. The molecule has 0 saturated carbocycles. The summed E-state index contributed by atoms with van der Waals surface area (Å²) in [7, 11) is -2.78. The summed E-state index contributed by atoms with van der Waals surface area (Å²) in [5, 5.41) is 2.37. The van der Waals surface area contributed by atoms with Crippen LogP contribution in [0.1, 0.15) is 26.3 Å². The van der Waals surface area contributed by atoms with Crippen molar-refractivity contribution in [2.75, 3.05) is 6.61 Å². The molecule has 5 heteroatoms. The zero-order chi connectivity index (χ0) is 26.4. The van der Waals surface area contributed by atoms with Crippen molar-refractivity contribution in [1.82, 2.24) is 0 Å². The summed E-state index contributed by atoms with van der Waals surface area (Å²) in [6.45, 7) is 8.09. The van der Waals surface area contributed by atoms with Gasteiger partial charge in [-0.15, -0.1) is 0 Å². The van der Waals surface area contributed by atoms with E-state index in [1.54, 1.807) is 0 Å². The molecule has 0 radical (unpaired) electrons. The molecule has 1 saturated heterocycles. The molecule has 0 aromatic heterocycles. The van der Waals surface area contributed by atoms with Gasteiger partial charge in [-0.2, -0.15) is 0 Å². The van der Waals surface area contributed by atoms with E-state index in [9.17, 15) is 0 Å². The van der Waals surface area contributed by atoms with Gasteiger partial charge < -0.3 is 0 Å². The van der Waals surface area contributed by atoms with Crippen LogP contribution in [0.3, 0.4) is 0 Å². The van der Waals surface area contributed by atoms with Crippen molar-refractivity contribution in [1.29, 1.82) is 0 Å². The second kappa shape index (κ2) is 12.1. The molecule has 196 valence electrons. The van der Waals surface area contributed by atoms with Gasteiger partial charge in [-0.05, 0) is 0 Å². The number of hydrogen-bond acceptors (Lipinski definition) is 3. The molecule has 5 rings (SSSR count). The Kier molecular flexibility index (Phi) is 8.64. The predicted octanol–water partition coefficient (Wildman–Crippen LogP) is 5.32. The Bertz CT molecular complexity index is 1220. The summed E-state index contributed by atoms with van der Waals surface area (Å²) in [5.41, 5.74) is 1.16. The van der Waals surface area contributed by atoms with Gasteiger partial charge in [0.2, 0.25) is 0 Å². The molecular formula is C33H36O3SeSi. The van der Waals surface area contributed by atoms with Gasteiger partial charge in [0, 0.05) is 0 Å². The third-order valence-corrected chi connectivity index (χ3v) is 14.7. The maximum absolute atomic E-state index is 7.41. The fraction of sp³-hybridized carbons (Fsp3) is 0.273. The average molecular weight is 588 g/mol. The number of benzene rings is 4. The van der Waals surface area contributed by atoms with E-state index >= 15 is 0 Å². The fourth-order valence-electron chi connectivity index (χ4n) is 5.25. The Morgan fingerprint density at radius 3 is 1.76 bits per heavy atom. The van der Waals surface area contributed by atoms with E-state index in [-0.39, 0.29) is 30.9 Å². The first kappa shape index (κ1) is 27.1. The number of rotatable bonds is 9. The average Bonchev–Trinajstić information content (AvgIpc) is 3.32. The van der Waals surface area contributed by atoms with Crippen LogP contribution in [0.25, 0.3) is 0 Å². The minimum atomic E-state index is -2.78. The molecule has 0 aliphatic carbocycles.